The number of halogens is 1. The molecule has 3 amide bonds. The van der Waals surface area contributed by atoms with Gasteiger partial charge in [-0.1, -0.05) is 135 Å². The van der Waals surface area contributed by atoms with E-state index in [2.05, 4.69) is 45.8 Å². The third-order valence-corrected chi connectivity index (χ3v) is 17.4. The fourth-order valence-corrected chi connectivity index (χ4v) is 12.5. The molecule has 6 aliphatic heterocycles. The van der Waals surface area contributed by atoms with Crippen LogP contribution < -0.4 is 0 Å². The van der Waals surface area contributed by atoms with E-state index in [0.717, 1.165) is 135 Å². The number of carbonyl (C=O) groups is 6. The summed E-state index contributed by atoms with van der Waals surface area (Å²) in [6, 6.07) is 9.91. The standard InChI is InChI=1S/C27H33ClN2O4.2C25H32N2O4/c1-18-15-19(2)26(28)23-16-22(29-34-17-24(31)30-20(3)12-13-21(30)4)11-9-7-5-6-8-10-14-33-27(32)25(18)23;2*1-19-15-20(2)24-21(16-19)17-22(26-31-18-23(28)27-12-8-9-13-27)11-7-5-3-4-6-10-14-30-25(24)29/h6,8-9,11-13,15,20-21H,5,7,10,14,16-17H2,1-4H3;2*4,6-7,11,15-16H,3,5,8-10,12-14,17-18H2,1-2H3/b8-6+,11-9?,29-22+;6-4+,11-7+,26-22+;6-4+,11-7+,26-22-. The number of nitrogens with zero attached hydrogens (tertiary/aromatic N) is 6. The Kier molecular flexibility index (Phi) is 30.7. The lowest BCUT2D eigenvalue weighted by atomic mass is 9.94. The Bertz CT molecular complexity index is 3370. The zero-order valence-corrected chi connectivity index (χ0v) is 58.2. The van der Waals surface area contributed by atoms with Crippen LogP contribution in [0.1, 0.15) is 178 Å². The maximum atomic E-state index is 12.9. The molecule has 2 saturated heterocycles. The Balaban J connectivity index is 0.000000203. The van der Waals surface area contributed by atoms with Crippen molar-refractivity contribution >= 4 is 64.4 Å². The number of hydrogen-bond acceptors (Lipinski definition) is 15. The molecule has 18 nitrogen and oxygen atoms in total. The van der Waals surface area contributed by atoms with E-state index in [-0.39, 0.29) is 68.0 Å². The van der Waals surface area contributed by atoms with E-state index in [1.54, 1.807) is 4.90 Å². The summed E-state index contributed by atoms with van der Waals surface area (Å²) in [5, 5.41) is 13.3. The molecule has 0 radical (unpaired) electrons. The number of benzene rings is 3. The molecule has 6 aliphatic rings. The number of likely N-dealkylation sites (tertiary alicyclic amines) is 2. The fraction of sp³-hybridized carbons (Fsp3) is 0.468. The van der Waals surface area contributed by atoms with Crippen LogP contribution >= 0.6 is 11.6 Å². The maximum Gasteiger partial charge on any atom is 0.338 e. The van der Waals surface area contributed by atoms with E-state index in [0.29, 0.717) is 96.3 Å². The van der Waals surface area contributed by atoms with E-state index in [1.807, 2.05) is 150 Å². The fourth-order valence-electron chi connectivity index (χ4n) is 12.3. The predicted octanol–water partition coefficient (Wildman–Crippen LogP) is 14.1. The first-order valence-electron chi connectivity index (χ1n) is 33.9. The van der Waals surface area contributed by atoms with Gasteiger partial charge >= 0.3 is 17.9 Å². The maximum absolute atomic E-state index is 12.9. The van der Waals surface area contributed by atoms with Gasteiger partial charge in [-0.15, -0.1) is 0 Å². The monoisotopic (exact) mass is 1330 g/mol. The second-order valence-electron chi connectivity index (χ2n) is 25.0. The summed E-state index contributed by atoms with van der Waals surface area (Å²) in [6.45, 7) is 19.5. The molecular weight excluding hydrogens is 1240 g/mol. The second-order valence-corrected chi connectivity index (χ2v) is 25.4. The molecule has 0 saturated carbocycles. The van der Waals surface area contributed by atoms with Gasteiger partial charge in [0.15, 0.2) is 19.8 Å². The molecule has 9 rings (SSSR count). The van der Waals surface area contributed by atoms with Crippen molar-refractivity contribution in [3.05, 3.63) is 187 Å². The number of cyclic esters (lactones) is 3. The van der Waals surface area contributed by atoms with Crippen molar-refractivity contribution in [2.24, 2.45) is 15.5 Å². The summed E-state index contributed by atoms with van der Waals surface area (Å²) in [5.41, 5.74) is 11.5. The van der Waals surface area contributed by atoms with E-state index < -0.39 is 5.97 Å². The van der Waals surface area contributed by atoms with Crippen molar-refractivity contribution in [3.63, 3.8) is 0 Å². The molecule has 3 aromatic carbocycles. The van der Waals surface area contributed by atoms with Gasteiger partial charge < -0.3 is 43.4 Å². The summed E-state index contributed by atoms with van der Waals surface area (Å²) in [5.74, 6) is -1.22. The van der Waals surface area contributed by atoms with Crippen molar-refractivity contribution in [1.29, 1.82) is 0 Å². The first kappa shape index (κ1) is 74.8. The third-order valence-electron chi connectivity index (χ3n) is 16.9. The molecule has 0 bridgehead atoms. The zero-order valence-electron chi connectivity index (χ0n) is 57.5. The number of aryl methyl sites for hydroxylation is 6. The quantitative estimate of drug-likeness (QED) is 0.0849. The summed E-state index contributed by atoms with van der Waals surface area (Å²) in [4.78, 5) is 97.4. The van der Waals surface area contributed by atoms with Crippen LogP contribution in [-0.4, -0.2) is 145 Å². The van der Waals surface area contributed by atoms with Crippen molar-refractivity contribution in [2.75, 3.05) is 65.8 Å². The van der Waals surface area contributed by atoms with E-state index in [9.17, 15) is 28.8 Å². The first-order chi connectivity index (χ1) is 46.4. The van der Waals surface area contributed by atoms with E-state index in [4.69, 9.17) is 40.3 Å². The van der Waals surface area contributed by atoms with Gasteiger partial charge in [0.05, 0.1) is 53.6 Å². The molecule has 0 spiro atoms. The van der Waals surface area contributed by atoms with Gasteiger partial charge in [-0.3, -0.25) is 14.4 Å². The van der Waals surface area contributed by atoms with Gasteiger partial charge in [0.2, 0.25) is 0 Å². The van der Waals surface area contributed by atoms with Crippen molar-refractivity contribution < 1.29 is 57.5 Å². The van der Waals surface area contributed by atoms with Crippen LogP contribution in [0.2, 0.25) is 5.02 Å². The number of carbonyl (C=O) groups excluding carboxylic acids is 6. The summed E-state index contributed by atoms with van der Waals surface area (Å²) in [6.07, 6.45) is 40.9. The van der Waals surface area contributed by atoms with Crippen molar-refractivity contribution in [3.8, 4) is 0 Å². The first-order valence-corrected chi connectivity index (χ1v) is 34.3. The van der Waals surface area contributed by atoms with E-state index >= 15 is 0 Å². The van der Waals surface area contributed by atoms with Crippen LogP contribution in [-0.2, 0) is 62.4 Å². The predicted molar refractivity (Wildman–Crippen MR) is 378 cm³/mol. The van der Waals surface area contributed by atoms with Gasteiger partial charge in [0, 0.05) is 62.5 Å². The number of fused-ring (bicyclic) bond motifs is 3. The third kappa shape index (κ3) is 23.6. The number of amides is 3. The van der Waals surface area contributed by atoms with Crippen LogP contribution in [0.15, 0.2) is 131 Å². The Morgan fingerprint density at radius 3 is 1.20 bits per heavy atom. The minimum atomic E-state index is -0.399. The molecule has 3 aromatic rings. The highest BCUT2D eigenvalue weighted by Gasteiger charge is 2.29. The second kappa shape index (κ2) is 39.4. The summed E-state index contributed by atoms with van der Waals surface area (Å²) >= 11 is 6.66. The molecule has 2 fully saturated rings. The van der Waals surface area contributed by atoms with Crippen LogP contribution in [0.4, 0.5) is 0 Å². The molecule has 2 atom stereocenters. The summed E-state index contributed by atoms with van der Waals surface area (Å²) < 4.78 is 16.5. The van der Waals surface area contributed by atoms with Gasteiger partial charge in [0.1, 0.15) is 0 Å². The van der Waals surface area contributed by atoms with Crippen molar-refractivity contribution in [1.82, 2.24) is 14.7 Å². The van der Waals surface area contributed by atoms with Gasteiger partial charge in [0.25, 0.3) is 17.7 Å². The van der Waals surface area contributed by atoms with Crippen LogP contribution in [0.5, 0.6) is 0 Å². The summed E-state index contributed by atoms with van der Waals surface area (Å²) in [7, 11) is 0. The molecule has 6 heterocycles. The molecule has 514 valence electrons. The smallest absolute Gasteiger partial charge is 0.338 e. The minimum Gasteiger partial charge on any atom is -0.462 e. The van der Waals surface area contributed by atoms with Crippen molar-refractivity contribution in [2.45, 2.75) is 170 Å². The number of allylic oxidation sites excluding steroid dienone is 9. The number of ether oxygens (including phenoxy) is 3. The normalized spacial score (nSPS) is 21.9. The minimum absolute atomic E-state index is 0.0312. The lowest BCUT2D eigenvalue weighted by Crippen LogP contribution is -2.41. The lowest BCUT2D eigenvalue weighted by molar-refractivity contribution is -0.138. The Morgan fingerprint density at radius 2 is 0.792 bits per heavy atom. The van der Waals surface area contributed by atoms with E-state index in [1.165, 1.54) is 0 Å². The molecule has 96 heavy (non-hydrogen) atoms. The molecular formula is C77H97ClN6O12. The molecule has 19 heteroatoms. The molecule has 0 N–H and O–H groups in total. The number of rotatable bonds is 9. The largest absolute Gasteiger partial charge is 0.462 e. The SMILES string of the molecule is Cc1cc(C)c2c(c1)CC(=N/OCC(=O)N1CCCC1)/C=C/CC/C=C/CCOC2=O.Cc1cc(C)c2c(c1)CC(=N\OCC(=O)N1CCCC1)/C=C/CC/C=C/CCOC2=O.Cc1cc(C)c2c(c1Cl)C/C(=N/OCC(=O)N1C(C)C=CC1C)C=CCC/C=C/CCOC2=O. The van der Waals surface area contributed by atoms with Gasteiger partial charge in [-0.2, -0.15) is 0 Å². The number of oxime groups is 3. The Hall–Kier alpha value is -8.64. The van der Waals surface area contributed by atoms with Crippen LogP contribution in [0, 0.1) is 41.5 Å². The molecule has 0 aliphatic carbocycles. The number of esters is 3. The van der Waals surface area contributed by atoms with Gasteiger partial charge in [-0.25, -0.2) is 14.4 Å². The number of hydrogen-bond donors (Lipinski definition) is 0. The average molecular weight is 1330 g/mol. The highest BCUT2D eigenvalue weighted by molar-refractivity contribution is 6.33. The van der Waals surface area contributed by atoms with Gasteiger partial charge in [-0.05, 0) is 196 Å². The Morgan fingerprint density at radius 1 is 0.448 bits per heavy atom. The van der Waals surface area contributed by atoms with Crippen LogP contribution in [0.3, 0.4) is 0 Å². The van der Waals surface area contributed by atoms with Crippen LogP contribution in [0.25, 0.3) is 0 Å². The lowest BCUT2D eigenvalue weighted by Gasteiger charge is -2.25. The average Bonchev–Trinajstić information content (AvgIpc) is 1.07. The molecule has 2 unspecified atom stereocenters. The topological polar surface area (TPSA) is 205 Å². The highest BCUT2D eigenvalue weighted by atomic mass is 35.5. The molecule has 0 aromatic heterocycles. The highest BCUT2D eigenvalue weighted by Crippen LogP contribution is 2.30. The Labute approximate surface area is 572 Å². The zero-order chi connectivity index (χ0) is 68.8.